The molecule has 1 atom stereocenters. The SMILES string of the molecule is CC(C)CNCc1ccc(N2CCCN(C)CC2C)nc1. The van der Waals surface area contributed by atoms with Crippen LogP contribution in [-0.2, 0) is 6.54 Å². The molecular formula is C17H30N4. The second-order valence-electron chi connectivity index (χ2n) is 6.71. The zero-order chi connectivity index (χ0) is 15.2. The van der Waals surface area contributed by atoms with Crippen LogP contribution in [0.1, 0.15) is 32.8 Å². The fourth-order valence-corrected chi connectivity index (χ4v) is 2.91. The Morgan fingerprint density at radius 2 is 2.14 bits per heavy atom. The molecule has 0 aliphatic carbocycles. The highest BCUT2D eigenvalue weighted by Gasteiger charge is 2.20. The van der Waals surface area contributed by atoms with Gasteiger partial charge in [0.1, 0.15) is 5.82 Å². The molecule has 4 nitrogen and oxygen atoms in total. The van der Waals surface area contributed by atoms with Gasteiger partial charge >= 0.3 is 0 Å². The highest BCUT2D eigenvalue weighted by Crippen LogP contribution is 2.18. The molecule has 1 aliphatic rings. The fraction of sp³-hybridized carbons (Fsp3) is 0.706. The maximum atomic E-state index is 4.68. The minimum absolute atomic E-state index is 0.523. The third kappa shape index (κ3) is 4.97. The van der Waals surface area contributed by atoms with Gasteiger partial charge in [-0.1, -0.05) is 19.9 Å². The summed E-state index contributed by atoms with van der Waals surface area (Å²) in [7, 11) is 2.21. The molecule has 0 spiro atoms. The van der Waals surface area contributed by atoms with E-state index in [1.807, 2.05) is 6.20 Å². The van der Waals surface area contributed by atoms with Crippen LogP contribution in [0.25, 0.3) is 0 Å². The smallest absolute Gasteiger partial charge is 0.128 e. The number of nitrogens with zero attached hydrogens (tertiary/aromatic N) is 3. The van der Waals surface area contributed by atoms with Gasteiger partial charge in [0.2, 0.25) is 0 Å². The lowest BCUT2D eigenvalue weighted by molar-refractivity contribution is 0.337. The normalized spacial score (nSPS) is 20.8. The summed E-state index contributed by atoms with van der Waals surface area (Å²) in [5, 5.41) is 3.46. The molecular weight excluding hydrogens is 260 g/mol. The minimum Gasteiger partial charge on any atom is -0.353 e. The number of hydrogen-bond donors (Lipinski definition) is 1. The number of rotatable bonds is 5. The van der Waals surface area contributed by atoms with E-state index in [1.165, 1.54) is 18.5 Å². The predicted molar refractivity (Wildman–Crippen MR) is 89.7 cm³/mol. The summed E-state index contributed by atoms with van der Waals surface area (Å²) in [6.45, 7) is 12.1. The average molecular weight is 290 g/mol. The topological polar surface area (TPSA) is 31.4 Å². The van der Waals surface area contributed by atoms with E-state index < -0.39 is 0 Å². The molecule has 1 aromatic heterocycles. The van der Waals surface area contributed by atoms with Crippen molar-refractivity contribution in [3.05, 3.63) is 23.9 Å². The Balaban J connectivity index is 1.94. The molecule has 0 saturated carbocycles. The molecule has 1 aliphatic heterocycles. The van der Waals surface area contributed by atoms with E-state index in [0.717, 1.165) is 32.0 Å². The Kier molecular flexibility index (Phi) is 6.00. The molecule has 1 fully saturated rings. The predicted octanol–water partition coefficient (Wildman–Crippen LogP) is 2.36. The standard InChI is InChI=1S/C17H30N4/c1-14(2)10-18-11-16-6-7-17(19-12-16)21-9-5-8-20(4)13-15(21)3/h6-7,12,14-15,18H,5,8-11,13H2,1-4H3. The Morgan fingerprint density at radius 3 is 2.81 bits per heavy atom. The maximum absolute atomic E-state index is 4.68. The monoisotopic (exact) mass is 290 g/mol. The van der Waals surface area contributed by atoms with Crippen molar-refractivity contribution < 1.29 is 0 Å². The van der Waals surface area contributed by atoms with Gasteiger partial charge in [0.15, 0.2) is 0 Å². The number of aromatic nitrogens is 1. The van der Waals surface area contributed by atoms with E-state index in [-0.39, 0.29) is 0 Å². The molecule has 0 radical (unpaired) electrons. The van der Waals surface area contributed by atoms with E-state index in [9.17, 15) is 0 Å². The van der Waals surface area contributed by atoms with Crippen molar-refractivity contribution in [2.24, 2.45) is 5.92 Å². The van der Waals surface area contributed by atoms with Gasteiger partial charge < -0.3 is 15.1 Å². The van der Waals surface area contributed by atoms with Crippen LogP contribution in [-0.4, -0.2) is 49.2 Å². The van der Waals surface area contributed by atoms with E-state index in [2.05, 4.69) is 60.1 Å². The summed E-state index contributed by atoms with van der Waals surface area (Å²) in [5.74, 6) is 1.80. The van der Waals surface area contributed by atoms with Crippen LogP contribution in [0.5, 0.6) is 0 Å². The van der Waals surface area contributed by atoms with Gasteiger partial charge in [-0.05, 0) is 51.0 Å². The number of anilines is 1. The average Bonchev–Trinajstić information content (AvgIpc) is 2.60. The number of hydrogen-bond acceptors (Lipinski definition) is 4. The Hall–Kier alpha value is -1.13. The second kappa shape index (κ2) is 7.76. The van der Waals surface area contributed by atoms with Crippen LogP contribution in [0.2, 0.25) is 0 Å². The highest BCUT2D eigenvalue weighted by molar-refractivity contribution is 5.40. The van der Waals surface area contributed by atoms with Crippen LogP contribution < -0.4 is 10.2 Å². The number of pyridine rings is 1. The summed E-state index contributed by atoms with van der Waals surface area (Å²) in [5.41, 5.74) is 1.26. The van der Waals surface area contributed by atoms with Gasteiger partial charge in [-0.25, -0.2) is 4.98 Å². The van der Waals surface area contributed by atoms with Gasteiger partial charge in [-0.3, -0.25) is 0 Å². The summed E-state index contributed by atoms with van der Waals surface area (Å²) in [6.07, 6.45) is 3.23. The van der Waals surface area contributed by atoms with Crippen molar-refractivity contribution in [2.75, 3.05) is 38.1 Å². The van der Waals surface area contributed by atoms with Gasteiger partial charge in [-0.15, -0.1) is 0 Å². The summed E-state index contributed by atoms with van der Waals surface area (Å²) >= 11 is 0. The number of nitrogens with one attached hydrogen (secondary N) is 1. The first kappa shape index (κ1) is 16.2. The molecule has 1 saturated heterocycles. The van der Waals surface area contributed by atoms with Gasteiger partial charge in [-0.2, -0.15) is 0 Å². The van der Waals surface area contributed by atoms with Crippen molar-refractivity contribution in [3.63, 3.8) is 0 Å². The van der Waals surface area contributed by atoms with E-state index in [0.29, 0.717) is 12.0 Å². The molecule has 118 valence electrons. The second-order valence-corrected chi connectivity index (χ2v) is 6.71. The van der Waals surface area contributed by atoms with Crippen LogP contribution in [0.15, 0.2) is 18.3 Å². The Bertz CT molecular complexity index is 415. The first-order valence-electron chi connectivity index (χ1n) is 8.17. The Morgan fingerprint density at radius 1 is 1.33 bits per heavy atom. The van der Waals surface area contributed by atoms with Crippen molar-refractivity contribution in [1.29, 1.82) is 0 Å². The van der Waals surface area contributed by atoms with E-state index in [4.69, 9.17) is 0 Å². The molecule has 1 aromatic rings. The lowest BCUT2D eigenvalue weighted by Gasteiger charge is -2.29. The van der Waals surface area contributed by atoms with Crippen LogP contribution in [0.4, 0.5) is 5.82 Å². The zero-order valence-electron chi connectivity index (χ0n) is 14.0. The van der Waals surface area contributed by atoms with E-state index in [1.54, 1.807) is 0 Å². The largest absolute Gasteiger partial charge is 0.353 e. The van der Waals surface area contributed by atoms with Crippen molar-refractivity contribution in [2.45, 2.75) is 39.8 Å². The number of likely N-dealkylation sites (N-methyl/N-ethyl adjacent to an activating group) is 1. The molecule has 1 N–H and O–H groups in total. The fourth-order valence-electron chi connectivity index (χ4n) is 2.91. The lowest BCUT2D eigenvalue weighted by atomic mass is 10.2. The van der Waals surface area contributed by atoms with Crippen molar-refractivity contribution in [1.82, 2.24) is 15.2 Å². The van der Waals surface area contributed by atoms with Crippen LogP contribution in [0.3, 0.4) is 0 Å². The highest BCUT2D eigenvalue weighted by atomic mass is 15.3. The van der Waals surface area contributed by atoms with Gasteiger partial charge in [0.25, 0.3) is 0 Å². The molecule has 0 aromatic carbocycles. The first-order chi connectivity index (χ1) is 10.1. The minimum atomic E-state index is 0.523. The molecule has 0 amide bonds. The molecule has 4 heteroatoms. The maximum Gasteiger partial charge on any atom is 0.128 e. The Labute approximate surface area is 129 Å². The van der Waals surface area contributed by atoms with Gasteiger partial charge in [0, 0.05) is 31.9 Å². The van der Waals surface area contributed by atoms with Gasteiger partial charge in [0.05, 0.1) is 0 Å². The summed E-state index contributed by atoms with van der Waals surface area (Å²) in [6, 6.07) is 4.90. The quantitative estimate of drug-likeness (QED) is 0.902. The van der Waals surface area contributed by atoms with Crippen molar-refractivity contribution >= 4 is 5.82 Å². The first-order valence-corrected chi connectivity index (χ1v) is 8.17. The lowest BCUT2D eigenvalue weighted by Crippen LogP contribution is -2.38. The van der Waals surface area contributed by atoms with E-state index >= 15 is 0 Å². The molecule has 0 bridgehead atoms. The molecule has 21 heavy (non-hydrogen) atoms. The molecule has 2 heterocycles. The molecule has 2 rings (SSSR count). The third-order valence-electron chi connectivity index (χ3n) is 4.03. The third-order valence-corrected chi connectivity index (χ3v) is 4.03. The van der Waals surface area contributed by atoms with Crippen LogP contribution >= 0.6 is 0 Å². The molecule has 1 unspecified atom stereocenters. The van der Waals surface area contributed by atoms with Crippen molar-refractivity contribution in [3.8, 4) is 0 Å². The van der Waals surface area contributed by atoms with Crippen LogP contribution in [0, 0.1) is 5.92 Å². The summed E-state index contributed by atoms with van der Waals surface area (Å²) in [4.78, 5) is 9.54. The summed E-state index contributed by atoms with van der Waals surface area (Å²) < 4.78 is 0. The zero-order valence-corrected chi connectivity index (χ0v) is 14.0.